The number of halogens is 1. The van der Waals surface area contributed by atoms with E-state index in [1.165, 1.54) is 16.7 Å². The maximum Gasteiger partial charge on any atom is 0.242 e. The van der Waals surface area contributed by atoms with Crippen molar-refractivity contribution in [2.75, 3.05) is 5.75 Å². The summed E-state index contributed by atoms with van der Waals surface area (Å²) in [5, 5.41) is 3.49. The largest absolute Gasteiger partial charge is 0.352 e. The van der Waals surface area contributed by atoms with Gasteiger partial charge in [-0.3, -0.25) is 9.59 Å². The van der Waals surface area contributed by atoms with Crippen LogP contribution in [0.5, 0.6) is 0 Å². The van der Waals surface area contributed by atoms with E-state index in [2.05, 4.69) is 37.4 Å². The van der Waals surface area contributed by atoms with Gasteiger partial charge >= 0.3 is 0 Å². The minimum Gasteiger partial charge on any atom is -0.352 e. The van der Waals surface area contributed by atoms with Crippen molar-refractivity contribution in [3.8, 4) is 0 Å². The van der Waals surface area contributed by atoms with Crippen LogP contribution in [-0.2, 0) is 21.9 Å². The van der Waals surface area contributed by atoms with Crippen molar-refractivity contribution in [3.63, 3.8) is 0 Å². The molecule has 1 N–H and O–H groups in total. The third-order valence-corrected chi connectivity index (χ3v) is 6.03. The molecule has 2 amide bonds. The Morgan fingerprint density at radius 3 is 2.30 bits per heavy atom. The monoisotopic (exact) mass is 446 g/mol. The van der Waals surface area contributed by atoms with Gasteiger partial charge in [0, 0.05) is 23.4 Å². The van der Waals surface area contributed by atoms with Gasteiger partial charge in [0.25, 0.3) is 0 Å². The van der Waals surface area contributed by atoms with Crippen molar-refractivity contribution in [2.24, 2.45) is 0 Å². The molecule has 2 aromatic rings. The second-order valence-electron chi connectivity index (χ2n) is 7.94. The van der Waals surface area contributed by atoms with Crippen LogP contribution in [-0.4, -0.2) is 34.6 Å². The number of carbonyl (C=O) groups excluding carboxylic acids is 2. The number of carbonyl (C=O) groups is 2. The molecule has 6 heteroatoms. The molecular formula is C24H31ClN2O2S. The van der Waals surface area contributed by atoms with Crippen molar-refractivity contribution in [1.29, 1.82) is 0 Å². The molecule has 30 heavy (non-hydrogen) atoms. The lowest BCUT2D eigenvalue weighted by Crippen LogP contribution is -2.49. The summed E-state index contributed by atoms with van der Waals surface area (Å²) in [6, 6.07) is 13.3. The second kappa shape index (κ2) is 11.4. The van der Waals surface area contributed by atoms with Crippen molar-refractivity contribution < 1.29 is 9.59 Å². The number of hydrogen-bond donors (Lipinski definition) is 1. The molecule has 0 bridgehead atoms. The third-order valence-electron chi connectivity index (χ3n) is 4.67. The number of nitrogens with zero attached hydrogens (tertiary/aromatic N) is 1. The van der Waals surface area contributed by atoms with Crippen LogP contribution in [0.15, 0.2) is 42.5 Å². The zero-order valence-corrected chi connectivity index (χ0v) is 19.9. The van der Waals surface area contributed by atoms with E-state index in [1.54, 1.807) is 29.7 Å². The van der Waals surface area contributed by atoms with Crippen LogP contribution in [0.3, 0.4) is 0 Å². The lowest BCUT2D eigenvalue weighted by Gasteiger charge is -2.29. The molecule has 0 aliphatic heterocycles. The first-order valence-corrected chi connectivity index (χ1v) is 11.7. The number of hydrogen-bond acceptors (Lipinski definition) is 3. The molecule has 0 spiro atoms. The molecule has 0 aliphatic carbocycles. The molecule has 2 rings (SSSR count). The van der Waals surface area contributed by atoms with E-state index < -0.39 is 6.04 Å². The Bertz CT molecular complexity index is 865. The first-order chi connectivity index (χ1) is 14.2. The molecule has 0 aromatic heterocycles. The molecule has 2 aromatic carbocycles. The highest BCUT2D eigenvalue weighted by atomic mass is 35.5. The Morgan fingerprint density at radius 2 is 1.70 bits per heavy atom. The fraction of sp³-hybridized carbons (Fsp3) is 0.417. The van der Waals surface area contributed by atoms with E-state index >= 15 is 0 Å². The third kappa shape index (κ3) is 7.37. The van der Waals surface area contributed by atoms with Crippen LogP contribution in [0.25, 0.3) is 0 Å². The zero-order valence-electron chi connectivity index (χ0n) is 18.4. The summed E-state index contributed by atoms with van der Waals surface area (Å²) in [7, 11) is 0. The lowest BCUT2D eigenvalue weighted by molar-refractivity contribution is -0.138. The average molecular weight is 447 g/mol. The molecule has 0 aliphatic rings. The first kappa shape index (κ1) is 24.3. The normalized spacial score (nSPS) is 12.0. The summed E-state index contributed by atoms with van der Waals surface area (Å²) >= 11 is 7.87. The van der Waals surface area contributed by atoms with Gasteiger partial charge in [-0.2, -0.15) is 0 Å². The van der Waals surface area contributed by atoms with Gasteiger partial charge in [-0.25, -0.2) is 0 Å². The van der Waals surface area contributed by atoms with Crippen LogP contribution in [0.1, 0.15) is 43.0 Å². The van der Waals surface area contributed by atoms with Crippen molar-refractivity contribution >= 4 is 35.2 Å². The van der Waals surface area contributed by atoms with Crippen LogP contribution < -0.4 is 5.32 Å². The Labute approximate surface area is 189 Å². The molecular weight excluding hydrogens is 416 g/mol. The standard InChI is InChI=1S/C24H31ClN2O2S/c1-16(2)26-24(29)19(5)27(13-21-8-6-7-9-22(21)25)23(28)15-30-14-20-11-17(3)10-18(4)12-20/h6-12,16,19H,13-15H2,1-5H3,(H,26,29)/t19-/m0/s1. The molecule has 0 saturated carbocycles. The number of amides is 2. The number of aryl methyl sites for hydroxylation is 2. The molecule has 4 nitrogen and oxygen atoms in total. The van der Waals surface area contributed by atoms with E-state index in [0.717, 1.165) is 11.3 Å². The van der Waals surface area contributed by atoms with Gasteiger partial charge in [-0.1, -0.05) is 59.1 Å². The SMILES string of the molecule is Cc1cc(C)cc(CSCC(=O)N(Cc2ccccc2Cl)[C@@H](C)C(=O)NC(C)C)c1. The fourth-order valence-corrected chi connectivity index (χ4v) is 4.33. The Hall–Kier alpha value is -1.98. The van der Waals surface area contributed by atoms with Crippen LogP contribution >= 0.6 is 23.4 Å². The summed E-state index contributed by atoms with van der Waals surface area (Å²) in [5.41, 5.74) is 4.47. The van der Waals surface area contributed by atoms with Crippen molar-refractivity contribution in [2.45, 2.75) is 59.0 Å². The van der Waals surface area contributed by atoms with Gasteiger partial charge in [-0.05, 0) is 51.8 Å². The first-order valence-electron chi connectivity index (χ1n) is 10.2. The number of nitrogens with one attached hydrogen (secondary N) is 1. The molecule has 0 fully saturated rings. The van der Waals surface area contributed by atoms with E-state index in [-0.39, 0.29) is 17.9 Å². The van der Waals surface area contributed by atoms with Crippen LogP contribution in [0.2, 0.25) is 5.02 Å². The smallest absolute Gasteiger partial charge is 0.242 e. The quantitative estimate of drug-likeness (QED) is 0.580. The fourth-order valence-electron chi connectivity index (χ4n) is 3.29. The molecule has 0 heterocycles. The minimum atomic E-state index is -0.585. The maximum absolute atomic E-state index is 13.1. The summed E-state index contributed by atoms with van der Waals surface area (Å²) in [5.74, 6) is 0.817. The topological polar surface area (TPSA) is 49.4 Å². The van der Waals surface area contributed by atoms with E-state index in [1.807, 2.05) is 32.0 Å². The average Bonchev–Trinajstić information content (AvgIpc) is 2.65. The lowest BCUT2D eigenvalue weighted by atomic mass is 10.1. The molecule has 1 atom stereocenters. The van der Waals surface area contributed by atoms with Gasteiger partial charge in [0.05, 0.1) is 5.75 Å². The summed E-state index contributed by atoms with van der Waals surface area (Å²) in [6.45, 7) is 10.0. The predicted octanol–water partition coefficient (Wildman–Crippen LogP) is 5.13. The summed E-state index contributed by atoms with van der Waals surface area (Å²) in [6.07, 6.45) is 0. The van der Waals surface area contributed by atoms with E-state index in [4.69, 9.17) is 11.6 Å². The Kier molecular flexibility index (Phi) is 9.25. The molecule has 0 unspecified atom stereocenters. The Morgan fingerprint density at radius 1 is 1.07 bits per heavy atom. The highest BCUT2D eigenvalue weighted by molar-refractivity contribution is 7.99. The van der Waals surface area contributed by atoms with Gasteiger partial charge in [0.2, 0.25) is 11.8 Å². The predicted molar refractivity (Wildman–Crippen MR) is 127 cm³/mol. The molecule has 0 saturated heterocycles. The Balaban J connectivity index is 2.10. The molecule has 0 radical (unpaired) electrons. The van der Waals surface area contributed by atoms with Crippen LogP contribution in [0.4, 0.5) is 0 Å². The number of benzene rings is 2. The maximum atomic E-state index is 13.1. The number of thioether (sulfide) groups is 1. The summed E-state index contributed by atoms with van der Waals surface area (Å²) < 4.78 is 0. The minimum absolute atomic E-state index is 0.0103. The highest BCUT2D eigenvalue weighted by Crippen LogP contribution is 2.21. The second-order valence-corrected chi connectivity index (χ2v) is 9.33. The molecule has 162 valence electrons. The van der Waals surface area contributed by atoms with Gasteiger partial charge < -0.3 is 10.2 Å². The number of rotatable bonds is 9. The van der Waals surface area contributed by atoms with Gasteiger partial charge in [-0.15, -0.1) is 11.8 Å². The highest BCUT2D eigenvalue weighted by Gasteiger charge is 2.26. The summed E-state index contributed by atoms with van der Waals surface area (Å²) in [4.78, 5) is 27.3. The van der Waals surface area contributed by atoms with Crippen LogP contribution in [0, 0.1) is 13.8 Å². The van der Waals surface area contributed by atoms with E-state index in [0.29, 0.717) is 17.3 Å². The van der Waals surface area contributed by atoms with E-state index in [9.17, 15) is 9.59 Å². The van der Waals surface area contributed by atoms with Crippen molar-refractivity contribution in [3.05, 3.63) is 69.7 Å². The zero-order chi connectivity index (χ0) is 22.3. The van der Waals surface area contributed by atoms with Crippen molar-refractivity contribution in [1.82, 2.24) is 10.2 Å². The van der Waals surface area contributed by atoms with Gasteiger partial charge in [0.15, 0.2) is 0 Å². The van der Waals surface area contributed by atoms with Gasteiger partial charge in [0.1, 0.15) is 6.04 Å².